The van der Waals surface area contributed by atoms with Gasteiger partial charge in [-0.3, -0.25) is 14.9 Å². The van der Waals surface area contributed by atoms with Gasteiger partial charge >= 0.3 is 11.9 Å². The van der Waals surface area contributed by atoms with Gasteiger partial charge in [0.25, 0.3) is 0 Å². The Morgan fingerprint density at radius 2 is 1.85 bits per heavy atom. The van der Waals surface area contributed by atoms with E-state index < -0.39 is 35.5 Å². The fraction of sp³-hybridized carbons (Fsp3) is 0.550. The highest BCUT2D eigenvalue weighted by atomic mass is 16.4. The first kappa shape index (κ1) is 20.9. The van der Waals surface area contributed by atoms with E-state index in [1.165, 1.54) is 4.90 Å². The van der Waals surface area contributed by atoms with Gasteiger partial charge in [0.2, 0.25) is 5.91 Å². The molecule has 148 valence electrons. The van der Waals surface area contributed by atoms with Gasteiger partial charge < -0.3 is 15.1 Å². The summed E-state index contributed by atoms with van der Waals surface area (Å²) < 4.78 is 0. The highest BCUT2D eigenvalue weighted by Crippen LogP contribution is 2.36. The Morgan fingerprint density at radius 3 is 2.41 bits per heavy atom. The topological polar surface area (TPSA) is 107 Å². The molecule has 3 N–H and O–H groups in total. The Balaban J connectivity index is 2.02. The Kier molecular flexibility index (Phi) is 6.59. The van der Waals surface area contributed by atoms with Crippen molar-refractivity contribution >= 4 is 17.8 Å². The van der Waals surface area contributed by atoms with Gasteiger partial charge in [0.05, 0.1) is 6.04 Å². The quantitative estimate of drug-likeness (QED) is 0.638. The molecule has 1 saturated heterocycles. The van der Waals surface area contributed by atoms with E-state index >= 15 is 0 Å². The van der Waals surface area contributed by atoms with Crippen molar-refractivity contribution in [3.05, 3.63) is 35.9 Å². The molecule has 27 heavy (non-hydrogen) atoms. The number of nitrogens with one attached hydrogen (secondary N) is 1. The average Bonchev–Trinajstić information content (AvgIpc) is 2.93. The molecule has 3 atom stereocenters. The largest absolute Gasteiger partial charge is 0.480 e. The SMILES string of the molecule is C[C@H](NC(CCc1ccccc1)C(=O)O)C(=O)N1CCC(C)(C)[C@H]1C(=O)O. The molecule has 0 saturated carbocycles. The van der Waals surface area contributed by atoms with Gasteiger partial charge in [-0.05, 0) is 37.2 Å². The number of carbonyl (C=O) groups excluding carboxylic acids is 1. The molecular formula is C20H28N2O5. The van der Waals surface area contributed by atoms with Gasteiger partial charge in [0, 0.05) is 6.54 Å². The molecule has 7 nitrogen and oxygen atoms in total. The highest BCUT2D eigenvalue weighted by Gasteiger charge is 2.48. The van der Waals surface area contributed by atoms with E-state index in [2.05, 4.69) is 5.32 Å². The van der Waals surface area contributed by atoms with Crippen LogP contribution in [-0.2, 0) is 20.8 Å². The van der Waals surface area contributed by atoms with Crippen molar-refractivity contribution in [3.63, 3.8) is 0 Å². The van der Waals surface area contributed by atoms with Crippen LogP contribution in [0, 0.1) is 5.41 Å². The minimum Gasteiger partial charge on any atom is -0.480 e. The van der Waals surface area contributed by atoms with Crippen LogP contribution < -0.4 is 5.32 Å². The third kappa shape index (κ3) is 5.07. The van der Waals surface area contributed by atoms with E-state index in [-0.39, 0.29) is 5.91 Å². The third-order valence-electron chi connectivity index (χ3n) is 5.25. The van der Waals surface area contributed by atoms with Crippen molar-refractivity contribution in [1.82, 2.24) is 10.2 Å². The number of aryl methyl sites for hydroxylation is 1. The molecule has 1 aromatic rings. The molecule has 1 aliphatic heterocycles. The van der Waals surface area contributed by atoms with Crippen LogP contribution in [0.15, 0.2) is 30.3 Å². The molecule has 1 aromatic carbocycles. The fourth-order valence-electron chi connectivity index (χ4n) is 3.66. The lowest BCUT2D eigenvalue weighted by Gasteiger charge is -2.31. The molecule has 1 amide bonds. The van der Waals surface area contributed by atoms with Crippen molar-refractivity contribution in [3.8, 4) is 0 Å². The Bertz CT molecular complexity index is 689. The second-order valence-electron chi connectivity index (χ2n) is 7.81. The highest BCUT2D eigenvalue weighted by molar-refractivity contribution is 5.88. The predicted octanol–water partition coefficient (Wildman–Crippen LogP) is 1.76. The smallest absolute Gasteiger partial charge is 0.326 e. The zero-order valence-electron chi connectivity index (χ0n) is 16.0. The zero-order valence-corrected chi connectivity index (χ0v) is 16.0. The maximum absolute atomic E-state index is 12.8. The average molecular weight is 376 g/mol. The van der Waals surface area contributed by atoms with E-state index in [0.717, 1.165) is 5.56 Å². The summed E-state index contributed by atoms with van der Waals surface area (Å²) >= 11 is 0. The molecule has 7 heteroatoms. The lowest BCUT2D eigenvalue weighted by Crippen LogP contribution is -2.54. The number of carboxylic acid groups (broad SMARTS) is 2. The Labute approximate surface area is 159 Å². The van der Waals surface area contributed by atoms with Gasteiger partial charge in [0.15, 0.2) is 0 Å². The maximum atomic E-state index is 12.8. The number of likely N-dealkylation sites (tertiary alicyclic amines) is 1. The summed E-state index contributed by atoms with van der Waals surface area (Å²) in [5, 5.41) is 21.9. The van der Waals surface area contributed by atoms with Gasteiger partial charge in [-0.15, -0.1) is 0 Å². The number of nitrogens with zero attached hydrogens (tertiary/aromatic N) is 1. The van der Waals surface area contributed by atoms with E-state index in [9.17, 15) is 24.6 Å². The second kappa shape index (κ2) is 8.52. The summed E-state index contributed by atoms with van der Waals surface area (Å²) in [7, 11) is 0. The van der Waals surface area contributed by atoms with Crippen LogP contribution in [-0.4, -0.2) is 57.6 Å². The minimum absolute atomic E-state index is 0.338. The molecule has 1 unspecified atom stereocenters. The van der Waals surface area contributed by atoms with Crippen molar-refractivity contribution in [1.29, 1.82) is 0 Å². The normalized spacial score (nSPS) is 20.9. The number of benzene rings is 1. The Hall–Kier alpha value is -2.41. The van der Waals surface area contributed by atoms with Crippen LogP contribution in [0.2, 0.25) is 0 Å². The monoisotopic (exact) mass is 376 g/mol. The maximum Gasteiger partial charge on any atom is 0.326 e. The van der Waals surface area contributed by atoms with Gasteiger partial charge in [-0.2, -0.15) is 0 Å². The summed E-state index contributed by atoms with van der Waals surface area (Å²) in [5.41, 5.74) is 0.512. The molecule has 0 aliphatic carbocycles. The zero-order chi connectivity index (χ0) is 20.2. The molecule has 0 aromatic heterocycles. The van der Waals surface area contributed by atoms with E-state index in [1.54, 1.807) is 6.92 Å². The summed E-state index contributed by atoms with van der Waals surface area (Å²) in [4.78, 5) is 37.4. The molecule has 1 fully saturated rings. The Morgan fingerprint density at radius 1 is 1.22 bits per heavy atom. The lowest BCUT2D eigenvalue weighted by molar-refractivity contribution is -0.152. The molecule has 0 bridgehead atoms. The standard InChI is InChI=1S/C20H28N2O5/c1-13(17(23)22-12-11-20(2,3)16(22)19(26)27)21-15(18(24)25)10-9-14-7-5-4-6-8-14/h4-8,13,15-16,21H,9-12H2,1-3H3,(H,24,25)(H,26,27)/t13-,15?,16+/m0/s1. The number of carboxylic acids is 2. The summed E-state index contributed by atoms with van der Waals surface area (Å²) in [5.74, 6) is -2.43. The third-order valence-corrected chi connectivity index (χ3v) is 5.25. The lowest BCUT2D eigenvalue weighted by atomic mass is 9.85. The van der Waals surface area contributed by atoms with Crippen LogP contribution in [0.4, 0.5) is 0 Å². The second-order valence-corrected chi connectivity index (χ2v) is 7.81. The van der Waals surface area contributed by atoms with Crippen LogP contribution in [0.3, 0.4) is 0 Å². The minimum atomic E-state index is -1.03. The van der Waals surface area contributed by atoms with E-state index in [4.69, 9.17) is 0 Å². The molecule has 0 spiro atoms. The molecule has 0 radical (unpaired) electrons. The van der Waals surface area contributed by atoms with Crippen molar-refractivity contribution in [2.75, 3.05) is 6.54 Å². The number of aliphatic carboxylic acids is 2. The van der Waals surface area contributed by atoms with E-state index in [1.807, 2.05) is 44.2 Å². The van der Waals surface area contributed by atoms with Crippen molar-refractivity contribution in [2.24, 2.45) is 5.41 Å². The van der Waals surface area contributed by atoms with Crippen molar-refractivity contribution in [2.45, 2.75) is 58.2 Å². The molecular weight excluding hydrogens is 348 g/mol. The summed E-state index contributed by atoms with van der Waals surface area (Å²) in [6, 6.07) is 6.97. The van der Waals surface area contributed by atoms with Gasteiger partial charge in [0.1, 0.15) is 12.1 Å². The van der Waals surface area contributed by atoms with Gasteiger partial charge in [-0.25, -0.2) is 4.79 Å². The number of carbonyl (C=O) groups is 3. The first-order valence-electron chi connectivity index (χ1n) is 9.19. The number of hydrogen-bond donors (Lipinski definition) is 3. The van der Waals surface area contributed by atoms with Crippen LogP contribution in [0.25, 0.3) is 0 Å². The molecule has 2 rings (SSSR count). The number of rotatable bonds is 8. The van der Waals surface area contributed by atoms with Crippen LogP contribution in [0.1, 0.15) is 39.2 Å². The van der Waals surface area contributed by atoms with Gasteiger partial charge in [-0.1, -0.05) is 44.2 Å². The first-order chi connectivity index (χ1) is 12.6. The van der Waals surface area contributed by atoms with Crippen LogP contribution >= 0.6 is 0 Å². The molecule has 1 heterocycles. The number of amides is 1. The summed E-state index contributed by atoms with van der Waals surface area (Å²) in [6.07, 6.45) is 1.50. The molecule has 1 aliphatic rings. The van der Waals surface area contributed by atoms with Crippen molar-refractivity contribution < 1.29 is 24.6 Å². The predicted molar refractivity (Wildman–Crippen MR) is 100 cm³/mol. The summed E-state index contributed by atoms with van der Waals surface area (Å²) in [6.45, 7) is 5.61. The number of hydrogen-bond acceptors (Lipinski definition) is 4. The van der Waals surface area contributed by atoms with Crippen LogP contribution in [0.5, 0.6) is 0 Å². The fourth-order valence-corrected chi connectivity index (χ4v) is 3.66. The first-order valence-corrected chi connectivity index (χ1v) is 9.19. The van der Waals surface area contributed by atoms with E-state index in [0.29, 0.717) is 25.8 Å².